The van der Waals surface area contributed by atoms with Gasteiger partial charge in [-0.25, -0.2) is 4.79 Å². The van der Waals surface area contributed by atoms with Crippen molar-refractivity contribution in [3.8, 4) is 0 Å². The summed E-state index contributed by atoms with van der Waals surface area (Å²) >= 11 is 0. The van der Waals surface area contributed by atoms with Crippen molar-refractivity contribution in [3.63, 3.8) is 0 Å². The average molecular weight is 411 g/mol. The first kappa shape index (κ1) is 20.5. The lowest BCUT2D eigenvalue weighted by Gasteiger charge is -2.68. The summed E-state index contributed by atoms with van der Waals surface area (Å²) in [6.07, 6.45) is 14.9. The molecule has 164 valence electrons. The molecule has 0 radical (unpaired) electrons. The van der Waals surface area contributed by atoms with Crippen molar-refractivity contribution in [3.05, 3.63) is 24.3 Å². The summed E-state index contributed by atoms with van der Waals surface area (Å²) in [5, 5.41) is 0. The number of allylic oxidation sites excluding steroid dienone is 2. The van der Waals surface area contributed by atoms with Gasteiger partial charge in [0.15, 0.2) is 5.78 Å². The lowest BCUT2D eigenvalue weighted by molar-refractivity contribution is -0.185. The zero-order valence-electron chi connectivity index (χ0n) is 19.6. The first-order valence-electron chi connectivity index (χ1n) is 12.0. The van der Waals surface area contributed by atoms with E-state index in [0.29, 0.717) is 29.5 Å². The summed E-state index contributed by atoms with van der Waals surface area (Å²) in [6, 6.07) is 0. The summed E-state index contributed by atoms with van der Waals surface area (Å²) in [4.78, 5) is 24.6. The highest BCUT2D eigenvalue weighted by molar-refractivity contribution is 5.95. The number of cyclic esters (lactones) is 1. The zero-order valence-corrected chi connectivity index (χ0v) is 19.6. The van der Waals surface area contributed by atoms with Crippen LogP contribution >= 0.6 is 0 Å². The molecule has 3 unspecified atom stereocenters. The number of ether oxygens (including phenoxy) is 1. The van der Waals surface area contributed by atoms with E-state index >= 15 is 0 Å². The highest BCUT2D eigenvalue weighted by Crippen LogP contribution is 2.75. The fourth-order valence-corrected chi connectivity index (χ4v) is 9.45. The normalized spacial score (nSPS) is 53.8. The van der Waals surface area contributed by atoms with Gasteiger partial charge in [0.05, 0.1) is 0 Å². The molecule has 0 bridgehead atoms. The molecule has 3 heteroatoms. The maximum absolute atomic E-state index is 12.7. The Bertz CT molecular complexity index is 867. The van der Waals surface area contributed by atoms with Gasteiger partial charge >= 0.3 is 5.97 Å². The molecule has 1 heterocycles. The highest BCUT2D eigenvalue weighted by atomic mass is 16.6. The molecule has 8 atom stereocenters. The van der Waals surface area contributed by atoms with Crippen molar-refractivity contribution in [2.24, 2.45) is 45.3 Å². The molecule has 0 aromatic carbocycles. The molecular weight excluding hydrogens is 372 g/mol. The van der Waals surface area contributed by atoms with Gasteiger partial charge in [0.2, 0.25) is 0 Å². The van der Waals surface area contributed by atoms with Gasteiger partial charge in [0.25, 0.3) is 0 Å². The van der Waals surface area contributed by atoms with Crippen LogP contribution in [0.5, 0.6) is 0 Å². The SMILES string of the molecule is CC1(C)C(=O)C=C[C@@]2(C)C1CC[C@]1(C)[C@@H]2CCC2C([C@]3(C)C=CC(=O)O3)CC[C@]21C. The third-order valence-electron chi connectivity index (χ3n) is 11.3. The molecule has 0 amide bonds. The Morgan fingerprint density at radius 1 is 0.767 bits per heavy atom. The first-order chi connectivity index (χ1) is 13.9. The minimum Gasteiger partial charge on any atom is -0.452 e. The van der Waals surface area contributed by atoms with Crippen molar-refractivity contribution in [2.75, 3.05) is 0 Å². The van der Waals surface area contributed by atoms with E-state index in [1.54, 1.807) is 6.08 Å². The molecule has 3 nitrogen and oxygen atoms in total. The summed E-state index contributed by atoms with van der Waals surface area (Å²) in [7, 11) is 0. The number of carbonyl (C=O) groups is 2. The summed E-state index contributed by atoms with van der Waals surface area (Å²) in [5.74, 6) is 2.14. The molecule has 4 aliphatic carbocycles. The van der Waals surface area contributed by atoms with E-state index in [1.807, 2.05) is 12.2 Å². The van der Waals surface area contributed by atoms with Crippen LogP contribution in [0.3, 0.4) is 0 Å². The molecule has 1 aliphatic heterocycles. The van der Waals surface area contributed by atoms with Gasteiger partial charge < -0.3 is 4.74 Å². The van der Waals surface area contributed by atoms with Gasteiger partial charge in [0.1, 0.15) is 5.60 Å². The van der Waals surface area contributed by atoms with Crippen molar-refractivity contribution in [1.82, 2.24) is 0 Å². The fourth-order valence-electron chi connectivity index (χ4n) is 9.45. The van der Waals surface area contributed by atoms with Crippen LogP contribution < -0.4 is 0 Å². The molecule has 3 saturated carbocycles. The summed E-state index contributed by atoms with van der Waals surface area (Å²) < 4.78 is 5.84. The number of esters is 1. The van der Waals surface area contributed by atoms with Crippen LogP contribution in [0.15, 0.2) is 24.3 Å². The largest absolute Gasteiger partial charge is 0.452 e. The predicted molar refractivity (Wildman–Crippen MR) is 118 cm³/mol. The van der Waals surface area contributed by atoms with Crippen molar-refractivity contribution < 1.29 is 14.3 Å². The van der Waals surface area contributed by atoms with E-state index < -0.39 is 5.60 Å². The van der Waals surface area contributed by atoms with Crippen molar-refractivity contribution in [2.45, 2.75) is 85.7 Å². The Labute approximate surface area is 181 Å². The third-order valence-corrected chi connectivity index (χ3v) is 11.3. The quantitative estimate of drug-likeness (QED) is 0.506. The fraction of sp³-hybridized carbons (Fsp3) is 0.778. The Kier molecular flexibility index (Phi) is 4.03. The van der Waals surface area contributed by atoms with Crippen LogP contribution in [0.2, 0.25) is 0 Å². The Balaban J connectivity index is 1.53. The second-order valence-corrected chi connectivity index (χ2v) is 12.5. The standard InChI is InChI=1S/C27H38O3/c1-23(2)19-10-15-26(5)20(24(19,3)13-11-21(23)28)8-7-17-18(9-14-25(17,26)4)27(6)16-12-22(29)30-27/h11-13,16-20H,7-10,14-15H2,1-6H3/t17?,18?,19?,20-,24+,25-,26-,27+/m1/s1. The first-order valence-corrected chi connectivity index (χ1v) is 12.0. The molecule has 0 aromatic heterocycles. The third kappa shape index (κ3) is 2.28. The minimum absolute atomic E-state index is 0.0834. The molecule has 0 N–H and O–H groups in total. The maximum atomic E-state index is 12.7. The second-order valence-electron chi connectivity index (χ2n) is 12.5. The van der Waals surface area contributed by atoms with Crippen LogP contribution in [-0.2, 0) is 14.3 Å². The van der Waals surface area contributed by atoms with Gasteiger partial charge in [-0.2, -0.15) is 0 Å². The molecule has 5 aliphatic rings. The molecule has 30 heavy (non-hydrogen) atoms. The van der Waals surface area contributed by atoms with E-state index in [4.69, 9.17) is 4.74 Å². The van der Waals surface area contributed by atoms with Crippen LogP contribution in [0, 0.1) is 45.3 Å². The summed E-state index contributed by atoms with van der Waals surface area (Å²) in [6.45, 7) is 14.0. The number of hydrogen-bond donors (Lipinski definition) is 0. The van der Waals surface area contributed by atoms with Crippen LogP contribution in [0.1, 0.15) is 80.1 Å². The van der Waals surface area contributed by atoms with Gasteiger partial charge in [-0.05, 0) is 91.6 Å². The van der Waals surface area contributed by atoms with Gasteiger partial charge in [-0.1, -0.05) is 40.7 Å². The lowest BCUT2D eigenvalue weighted by atomic mass is 9.36. The number of rotatable bonds is 1. The van der Waals surface area contributed by atoms with E-state index in [0.717, 1.165) is 12.8 Å². The molecule has 0 aromatic rings. The summed E-state index contributed by atoms with van der Waals surface area (Å²) in [5.41, 5.74) is -0.126. The maximum Gasteiger partial charge on any atom is 0.331 e. The Morgan fingerprint density at radius 2 is 1.47 bits per heavy atom. The van der Waals surface area contributed by atoms with Gasteiger partial charge in [-0.3, -0.25) is 4.79 Å². The van der Waals surface area contributed by atoms with E-state index in [-0.39, 0.29) is 27.6 Å². The smallest absolute Gasteiger partial charge is 0.331 e. The minimum atomic E-state index is -0.442. The predicted octanol–water partition coefficient (Wildman–Crippen LogP) is 5.89. The van der Waals surface area contributed by atoms with E-state index in [1.165, 1.54) is 25.7 Å². The zero-order chi connectivity index (χ0) is 21.7. The van der Waals surface area contributed by atoms with E-state index in [9.17, 15) is 9.59 Å². The molecule has 0 saturated heterocycles. The Hall–Kier alpha value is -1.38. The lowest BCUT2D eigenvalue weighted by Crippen LogP contribution is -2.62. The van der Waals surface area contributed by atoms with Crippen LogP contribution in [0.25, 0.3) is 0 Å². The Morgan fingerprint density at radius 3 is 2.13 bits per heavy atom. The average Bonchev–Trinajstić information content (AvgIpc) is 3.20. The molecule has 5 rings (SSSR count). The highest BCUT2D eigenvalue weighted by Gasteiger charge is 2.69. The van der Waals surface area contributed by atoms with Gasteiger partial charge in [0, 0.05) is 17.4 Å². The van der Waals surface area contributed by atoms with E-state index in [2.05, 4.69) is 47.6 Å². The van der Waals surface area contributed by atoms with Crippen LogP contribution in [-0.4, -0.2) is 17.4 Å². The van der Waals surface area contributed by atoms with Crippen molar-refractivity contribution in [1.29, 1.82) is 0 Å². The number of hydrogen-bond acceptors (Lipinski definition) is 3. The van der Waals surface area contributed by atoms with Crippen molar-refractivity contribution >= 4 is 11.8 Å². The molecule has 3 fully saturated rings. The van der Waals surface area contributed by atoms with Gasteiger partial charge in [-0.15, -0.1) is 0 Å². The number of fused-ring (bicyclic) bond motifs is 5. The number of carbonyl (C=O) groups excluding carboxylic acids is 2. The number of ketones is 1. The monoisotopic (exact) mass is 410 g/mol. The van der Waals surface area contributed by atoms with Crippen LogP contribution in [0.4, 0.5) is 0 Å². The topological polar surface area (TPSA) is 43.4 Å². The molecular formula is C27H38O3. The second kappa shape index (κ2) is 5.90. The molecule has 0 spiro atoms.